The van der Waals surface area contributed by atoms with E-state index >= 15 is 0 Å². The van der Waals surface area contributed by atoms with Crippen molar-refractivity contribution in [3.8, 4) is 5.75 Å². The average Bonchev–Trinajstić information content (AvgIpc) is 2.05. The van der Waals surface area contributed by atoms with Gasteiger partial charge in [0.15, 0.2) is 11.6 Å². The number of methoxy groups -OCH3 is 1. The van der Waals surface area contributed by atoms with Crippen molar-refractivity contribution in [1.29, 1.82) is 0 Å². The van der Waals surface area contributed by atoms with E-state index in [2.05, 4.69) is 4.84 Å². The fourth-order valence-corrected chi connectivity index (χ4v) is 0.887. The molecule has 2 nitrogen and oxygen atoms in total. The summed E-state index contributed by atoms with van der Waals surface area (Å²) in [6.45, 7) is 0. The topological polar surface area (TPSA) is 21.3 Å². The number of rotatable bonds is 2. The summed E-state index contributed by atoms with van der Waals surface area (Å²) in [4.78, 5) is 2.19. The Bertz CT molecular complexity index is 232. The first-order chi connectivity index (χ1) is 5.29. The molecule has 60 valence electrons. The van der Waals surface area contributed by atoms with Crippen molar-refractivity contribution in [2.24, 2.45) is 0 Å². The summed E-state index contributed by atoms with van der Waals surface area (Å²) in [5.41, 5.74) is 0.214. The number of hydrogen-bond acceptors (Lipinski definition) is 2. The Balaban J connectivity index is 3.10. The molecule has 0 heterocycles. The van der Waals surface area contributed by atoms with Crippen molar-refractivity contribution in [2.75, 3.05) is 11.9 Å². The van der Waals surface area contributed by atoms with Crippen LogP contribution >= 0.6 is 11.8 Å². The lowest BCUT2D eigenvalue weighted by Crippen LogP contribution is -1.91. The van der Waals surface area contributed by atoms with Gasteiger partial charge < -0.3 is 4.74 Å². The summed E-state index contributed by atoms with van der Waals surface area (Å²) in [7, 11) is 1.40. The predicted molar refractivity (Wildman–Crippen MR) is 42.4 cm³/mol. The Morgan fingerprint density at radius 2 is 2.27 bits per heavy atom. The second kappa shape index (κ2) is 3.44. The predicted octanol–water partition coefficient (Wildman–Crippen LogP) is 2.40. The summed E-state index contributed by atoms with van der Waals surface area (Å²) in [5.74, 6) is -0.305. The molecule has 1 rings (SSSR count). The number of hydrogen-bond donors (Lipinski definition) is 1. The quantitative estimate of drug-likeness (QED) is 0.697. The highest BCUT2D eigenvalue weighted by Crippen LogP contribution is 2.23. The Morgan fingerprint density at radius 3 is 2.82 bits per heavy atom. The number of benzene rings is 1. The molecule has 4 heteroatoms. The van der Waals surface area contributed by atoms with Gasteiger partial charge in [0.1, 0.15) is 0 Å². The molecule has 1 aromatic rings. The molecule has 1 aromatic carbocycles. The largest absolute Gasteiger partial charge is 0.494 e. The molecule has 1 N–H and O–H groups in total. The van der Waals surface area contributed by atoms with Crippen molar-refractivity contribution in [1.82, 2.24) is 0 Å². The number of halogens is 2. The van der Waals surface area contributed by atoms with Crippen LogP contribution < -0.4 is 9.57 Å². The zero-order chi connectivity index (χ0) is 8.27. The van der Waals surface area contributed by atoms with Crippen LogP contribution in [0.2, 0.25) is 0 Å². The Hall–Kier alpha value is -0.960. The van der Waals surface area contributed by atoms with E-state index in [0.29, 0.717) is 0 Å². The molecule has 0 atom stereocenters. The molecule has 0 aliphatic carbocycles. The van der Waals surface area contributed by atoms with Gasteiger partial charge >= 0.3 is 0 Å². The third-order valence-corrected chi connectivity index (χ3v) is 1.49. The zero-order valence-corrected chi connectivity index (χ0v) is 6.65. The van der Waals surface area contributed by atoms with Crippen LogP contribution in [0.5, 0.6) is 5.75 Å². The molecule has 0 unspecified atom stereocenters. The molecule has 11 heavy (non-hydrogen) atoms. The van der Waals surface area contributed by atoms with Crippen molar-refractivity contribution in [2.45, 2.75) is 0 Å². The minimum atomic E-state index is -0.481. The highest BCUT2D eigenvalue weighted by atomic mass is 35.5. The van der Waals surface area contributed by atoms with E-state index < -0.39 is 5.82 Å². The molecular weight excluding hydrogens is 169 g/mol. The van der Waals surface area contributed by atoms with Crippen LogP contribution in [0.25, 0.3) is 0 Å². The Kier molecular flexibility index (Phi) is 2.54. The second-order valence-electron chi connectivity index (χ2n) is 1.92. The van der Waals surface area contributed by atoms with Gasteiger partial charge in [0, 0.05) is 11.8 Å². The molecule has 0 bridgehead atoms. The van der Waals surface area contributed by atoms with Gasteiger partial charge in [0.2, 0.25) is 0 Å². The van der Waals surface area contributed by atoms with Crippen LogP contribution in [0.4, 0.5) is 10.1 Å². The maximum absolute atomic E-state index is 13.0. The van der Waals surface area contributed by atoms with Crippen molar-refractivity contribution in [3.63, 3.8) is 0 Å². The Morgan fingerprint density at radius 1 is 1.55 bits per heavy atom. The van der Waals surface area contributed by atoms with Gasteiger partial charge in [-0.05, 0) is 12.1 Å². The van der Waals surface area contributed by atoms with E-state index in [1.807, 2.05) is 0 Å². The molecule has 0 saturated heterocycles. The highest BCUT2D eigenvalue weighted by Gasteiger charge is 2.05. The molecule has 0 amide bonds. The molecule has 0 aliphatic rings. The summed E-state index contributed by atoms with van der Waals surface area (Å²) >= 11 is 5.22. The minimum absolute atomic E-state index is 0.177. The van der Waals surface area contributed by atoms with Crippen molar-refractivity contribution >= 4 is 17.5 Å². The maximum atomic E-state index is 13.0. The first kappa shape index (κ1) is 8.14. The number of nitrogens with one attached hydrogen (secondary N) is 1. The molecule has 0 aromatic heterocycles. The van der Waals surface area contributed by atoms with Gasteiger partial charge in [0.05, 0.1) is 12.8 Å². The summed E-state index contributed by atoms with van der Waals surface area (Å²) in [5, 5.41) is 0. The van der Waals surface area contributed by atoms with Crippen LogP contribution in [0.15, 0.2) is 18.2 Å². The zero-order valence-electron chi connectivity index (χ0n) is 5.90. The van der Waals surface area contributed by atoms with Gasteiger partial charge in [-0.1, -0.05) is 6.07 Å². The monoisotopic (exact) mass is 175 g/mol. The molecule has 0 fully saturated rings. The third kappa shape index (κ3) is 1.54. The third-order valence-electron chi connectivity index (χ3n) is 1.29. The van der Waals surface area contributed by atoms with Gasteiger partial charge in [-0.15, -0.1) is 0 Å². The van der Waals surface area contributed by atoms with Crippen molar-refractivity contribution in [3.05, 3.63) is 24.0 Å². The van der Waals surface area contributed by atoms with Crippen molar-refractivity contribution < 1.29 is 9.13 Å². The normalized spacial score (nSPS) is 9.36. The van der Waals surface area contributed by atoms with Gasteiger partial charge in [-0.2, -0.15) is 0 Å². The van der Waals surface area contributed by atoms with Crippen LogP contribution in [-0.4, -0.2) is 7.11 Å². The van der Waals surface area contributed by atoms with Gasteiger partial charge in [-0.3, -0.25) is 4.84 Å². The molecule has 0 radical (unpaired) electrons. The Labute approximate surface area is 69.0 Å². The highest BCUT2D eigenvalue weighted by molar-refractivity contribution is 6.24. The second-order valence-corrected chi connectivity index (χ2v) is 2.11. The van der Waals surface area contributed by atoms with E-state index in [4.69, 9.17) is 16.5 Å². The first-order valence-corrected chi connectivity index (χ1v) is 3.36. The first-order valence-electron chi connectivity index (χ1n) is 2.98. The van der Waals surface area contributed by atoms with E-state index in [9.17, 15) is 4.39 Å². The van der Waals surface area contributed by atoms with E-state index in [1.54, 1.807) is 6.07 Å². The van der Waals surface area contributed by atoms with Crippen LogP contribution in [0, 0.1) is 5.82 Å². The lowest BCUT2D eigenvalue weighted by Gasteiger charge is -2.04. The SMILES string of the molecule is COc1cccc(NCl)c1F. The summed E-state index contributed by atoms with van der Waals surface area (Å²) < 4.78 is 17.7. The van der Waals surface area contributed by atoms with Crippen LogP contribution in [-0.2, 0) is 0 Å². The van der Waals surface area contributed by atoms with E-state index in [-0.39, 0.29) is 11.4 Å². The number of ether oxygens (including phenoxy) is 1. The molecule has 0 aliphatic heterocycles. The lowest BCUT2D eigenvalue weighted by molar-refractivity contribution is 0.387. The molecule has 0 saturated carbocycles. The number of anilines is 1. The van der Waals surface area contributed by atoms with E-state index in [1.165, 1.54) is 19.2 Å². The van der Waals surface area contributed by atoms with Crippen LogP contribution in [0.3, 0.4) is 0 Å². The molecular formula is C7H7ClFNO. The summed E-state index contributed by atoms with van der Waals surface area (Å²) in [6, 6.07) is 4.69. The van der Waals surface area contributed by atoms with E-state index in [0.717, 1.165) is 0 Å². The fraction of sp³-hybridized carbons (Fsp3) is 0.143. The maximum Gasteiger partial charge on any atom is 0.189 e. The van der Waals surface area contributed by atoms with Gasteiger partial charge in [0.25, 0.3) is 0 Å². The average molecular weight is 176 g/mol. The minimum Gasteiger partial charge on any atom is -0.494 e. The molecule has 0 spiro atoms. The standard InChI is InChI=1S/C7H7ClFNO/c1-11-6-4-2-3-5(10-8)7(6)9/h2-4,10H,1H3. The summed E-state index contributed by atoms with van der Waals surface area (Å²) in [6.07, 6.45) is 0. The lowest BCUT2D eigenvalue weighted by atomic mass is 10.3. The van der Waals surface area contributed by atoms with Gasteiger partial charge in [-0.25, -0.2) is 4.39 Å². The smallest absolute Gasteiger partial charge is 0.189 e. The van der Waals surface area contributed by atoms with Crippen LogP contribution in [0.1, 0.15) is 0 Å². The fourth-order valence-electron chi connectivity index (χ4n) is 0.741.